The summed E-state index contributed by atoms with van der Waals surface area (Å²) in [6, 6.07) is 8.63. The summed E-state index contributed by atoms with van der Waals surface area (Å²) < 4.78 is 0. The van der Waals surface area contributed by atoms with Crippen molar-refractivity contribution >= 4 is 6.29 Å². The zero-order valence-electron chi connectivity index (χ0n) is 10.6. The van der Waals surface area contributed by atoms with Crippen LogP contribution in [0.5, 0.6) is 0 Å². The minimum atomic E-state index is 0.642. The highest BCUT2D eigenvalue weighted by Gasteiger charge is 2.20. The van der Waals surface area contributed by atoms with Gasteiger partial charge in [0.1, 0.15) is 6.29 Å². The van der Waals surface area contributed by atoms with Gasteiger partial charge >= 0.3 is 0 Å². The van der Waals surface area contributed by atoms with Crippen molar-refractivity contribution in [3.8, 4) is 0 Å². The summed E-state index contributed by atoms with van der Waals surface area (Å²) in [5.74, 6) is 0.689. The Morgan fingerprint density at radius 1 is 1.29 bits per heavy atom. The van der Waals surface area contributed by atoms with Gasteiger partial charge in [0.2, 0.25) is 0 Å². The van der Waals surface area contributed by atoms with E-state index in [0.29, 0.717) is 12.3 Å². The summed E-state index contributed by atoms with van der Waals surface area (Å²) in [5, 5.41) is 0. The van der Waals surface area contributed by atoms with Gasteiger partial charge < -0.3 is 9.69 Å². The first-order valence-electron chi connectivity index (χ1n) is 6.51. The average Bonchev–Trinajstić information content (AvgIpc) is 2.38. The van der Waals surface area contributed by atoms with Crippen LogP contribution in [0.1, 0.15) is 36.3 Å². The number of hydrogen-bond donors (Lipinski definition) is 0. The Labute approximate surface area is 104 Å². The van der Waals surface area contributed by atoms with E-state index in [2.05, 4.69) is 36.2 Å². The van der Waals surface area contributed by atoms with Crippen molar-refractivity contribution < 1.29 is 4.79 Å². The number of piperidine rings is 1. The quantitative estimate of drug-likeness (QED) is 0.742. The lowest BCUT2D eigenvalue weighted by molar-refractivity contribution is -0.107. The van der Waals surface area contributed by atoms with E-state index in [1.54, 1.807) is 0 Å². The molecule has 1 aromatic rings. The number of nitrogens with zero attached hydrogens (tertiary/aromatic N) is 1. The summed E-state index contributed by atoms with van der Waals surface area (Å²) in [6.45, 7) is 2.37. The molecule has 1 aliphatic rings. The fourth-order valence-electron chi connectivity index (χ4n) is 2.69. The Bertz CT molecular complexity index is 367. The number of rotatable bonds is 4. The molecule has 1 aliphatic heterocycles. The predicted octanol–water partition coefficient (Wildman–Crippen LogP) is 2.63. The monoisotopic (exact) mass is 231 g/mol. The molecule has 1 heterocycles. The first-order valence-corrected chi connectivity index (χ1v) is 6.51. The second-order valence-corrected chi connectivity index (χ2v) is 4.98. The van der Waals surface area contributed by atoms with E-state index in [1.165, 1.54) is 37.1 Å². The molecular weight excluding hydrogens is 210 g/mol. The Morgan fingerprint density at radius 3 is 2.71 bits per heavy atom. The van der Waals surface area contributed by atoms with Crippen LogP contribution in [0, 0.1) is 0 Å². The third-order valence-corrected chi connectivity index (χ3v) is 3.75. The molecule has 0 N–H and O–H groups in total. The van der Waals surface area contributed by atoms with Crippen LogP contribution in [-0.2, 0) is 11.2 Å². The standard InChI is InChI=1S/C15H21NO/c1-16-10-8-14(9-11-16)15-7-3-2-5-13(15)6-4-12-17/h2-3,5,7,12,14H,4,6,8-11H2,1H3. The van der Waals surface area contributed by atoms with E-state index in [1.807, 2.05) is 0 Å². The second kappa shape index (κ2) is 5.97. The third-order valence-electron chi connectivity index (χ3n) is 3.75. The number of aryl methyl sites for hydroxylation is 1. The van der Waals surface area contributed by atoms with Crippen LogP contribution < -0.4 is 0 Å². The van der Waals surface area contributed by atoms with Crippen molar-refractivity contribution in [3.05, 3.63) is 35.4 Å². The number of likely N-dealkylation sites (tertiary alicyclic amines) is 1. The number of carbonyl (C=O) groups is 1. The van der Waals surface area contributed by atoms with E-state index in [9.17, 15) is 4.79 Å². The molecule has 1 saturated heterocycles. The Hall–Kier alpha value is -1.15. The van der Waals surface area contributed by atoms with E-state index < -0.39 is 0 Å². The number of benzene rings is 1. The van der Waals surface area contributed by atoms with Crippen molar-refractivity contribution in [3.63, 3.8) is 0 Å². The van der Waals surface area contributed by atoms with E-state index in [0.717, 1.165) is 12.7 Å². The highest BCUT2D eigenvalue weighted by molar-refractivity contribution is 5.50. The summed E-state index contributed by atoms with van der Waals surface area (Å²) in [4.78, 5) is 12.9. The maximum atomic E-state index is 10.5. The van der Waals surface area contributed by atoms with Crippen LogP contribution in [-0.4, -0.2) is 31.3 Å². The summed E-state index contributed by atoms with van der Waals surface area (Å²) in [5.41, 5.74) is 2.84. The van der Waals surface area contributed by atoms with Gasteiger partial charge in [-0.15, -0.1) is 0 Å². The number of carbonyl (C=O) groups excluding carboxylic acids is 1. The van der Waals surface area contributed by atoms with Gasteiger partial charge in [0, 0.05) is 6.42 Å². The molecule has 1 aromatic carbocycles. The van der Waals surface area contributed by atoms with E-state index in [4.69, 9.17) is 0 Å². The highest BCUT2D eigenvalue weighted by atomic mass is 16.1. The Balaban J connectivity index is 2.10. The van der Waals surface area contributed by atoms with E-state index in [-0.39, 0.29) is 0 Å². The summed E-state index contributed by atoms with van der Waals surface area (Å²) in [6.07, 6.45) is 5.05. The predicted molar refractivity (Wildman–Crippen MR) is 70.3 cm³/mol. The minimum absolute atomic E-state index is 0.642. The van der Waals surface area contributed by atoms with Crippen molar-refractivity contribution in [1.29, 1.82) is 0 Å². The molecule has 17 heavy (non-hydrogen) atoms. The van der Waals surface area contributed by atoms with Crippen molar-refractivity contribution in [1.82, 2.24) is 4.90 Å². The maximum Gasteiger partial charge on any atom is 0.120 e. The number of aldehydes is 1. The molecule has 2 heteroatoms. The summed E-state index contributed by atoms with van der Waals surface area (Å²) in [7, 11) is 2.19. The second-order valence-electron chi connectivity index (χ2n) is 4.98. The van der Waals surface area contributed by atoms with Crippen LogP contribution >= 0.6 is 0 Å². The summed E-state index contributed by atoms with van der Waals surface area (Å²) >= 11 is 0. The molecule has 0 unspecified atom stereocenters. The molecule has 1 fully saturated rings. The van der Waals surface area contributed by atoms with Crippen molar-refractivity contribution in [2.24, 2.45) is 0 Å². The van der Waals surface area contributed by atoms with Crippen molar-refractivity contribution in [2.75, 3.05) is 20.1 Å². The SMILES string of the molecule is CN1CCC(c2ccccc2CCC=O)CC1. The van der Waals surface area contributed by atoms with Crippen LogP contribution in [0.4, 0.5) is 0 Å². The van der Waals surface area contributed by atoms with E-state index >= 15 is 0 Å². The largest absolute Gasteiger partial charge is 0.306 e. The highest BCUT2D eigenvalue weighted by Crippen LogP contribution is 2.30. The van der Waals surface area contributed by atoms with Crippen molar-refractivity contribution in [2.45, 2.75) is 31.6 Å². The van der Waals surface area contributed by atoms with Gasteiger partial charge in [-0.3, -0.25) is 0 Å². The first kappa shape index (κ1) is 12.3. The first-order chi connectivity index (χ1) is 8.31. The van der Waals surface area contributed by atoms with Gasteiger partial charge in [0.25, 0.3) is 0 Å². The smallest absolute Gasteiger partial charge is 0.120 e. The molecule has 92 valence electrons. The molecule has 0 aliphatic carbocycles. The van der Waals surface area contributed by atoms with Gasteiger partial charge in [-0.25, -0.2) is 0 Å². The topological polar surface area (TPSA) is 20.3 Å². The molecule has 0 aromatic heterocycles. The molecule has 2 rings (SSSR count). The van der Waals surface area contributed by atoms with Gasteiger partial charge in [0.15, 0.2) is 0 Å². The third kappa shape index (κ3) is 3.16. The molecule has 0 spiro atoms. The fraction of sp³-hybridized carbons (Fsp3) is 0.533. The fourth-order valence-corrected chi connectivity index (χ4v) is 2.69. The Morgan fingerprint density at radius 2 is 2.00 bits per heavy atom. The van der Waals surface area contributed by atoms with Gasteiger partial charge in [-0.1, -0.05) is 24.3 Å². The molecule has 0 atom stereocenters. The lowest BCUT2D eigenvalue weighted by Crippen LogP contribution is -2.29. The molecule has 0 radical (unpaired) electrons. The zero-order chi connectivity index (χ0) is 12.1. The Kier molecular flexibility index (Phi) is 4.32. The van der Waals surface area contributed by atoms with Gasteiger partial charge in [0.05, 0.1) is 0 Å². The maximum absolute atomic E-state index is 10.5. The molecule has 0 amide bonds. The van der Waals surface area contributed by atoms with Crippen LogP contribution in [0.15, 0.2) is 24.3 Å². The lowest BCUT2D eigenvalue weighted by Gasteiger charge is -2.30. The van der Waals surface area contributed by atoms with Crippen LogP contribution in [0.2, 0.25) is 0 Å². The average molecular weight is 231 g/mol. The minimum Gasteiger partial charge on any atom is -0.306 e. The van der Waals surface area contributed by atoms with Gasteiger partial charge in [-0.2, -0.15) is 0 Å². The van der Waals surface area contributed by atoms with Crippen LogP contribution in [0.3, 0.4) is 0 Å². The zero-order valence-corrected chi connectivity index (χ0v) is 10.6. The molecular formula is C15H21NO. The molecule has 0 bridgehead atoms. The van der Waals surface area contributed by atoms with Crippen LogP contribution in [0.25, 0.3) is 0 Å². The van der Waals surface area contributed by atoms with Gasteiger partial charge in [-0.05, 0) is 56.4 Å². The normalized spacial score (nSPS) is 18.2. The molecule has 2 nitrogen and oxygen atoms in total. The lowest BCUT2D eigenvalue weighted by atomic mass is 9.85. The molecule has 0 saturated carbocycles. The number of hydrogen-bond acceptors (Lipinski definition) is 2.